The van der Waals surface area contributed by atoms with Crippen LogP contribution in [0.1, 0.15) is 24.6 Å². The first-order chi connectivity index (χ1) is 29.6. The summed E-state index contributed by atoms with van der Waals surface area (Å²) >= 11 is 0. The van der Waals surface area contributed by atoms with E-state index in [2.05, 4.69) is 206 Å². The van der Waals surface area contributed by atoms with Crippen molar-refractivity contribution in [3.8, 4) is 33.4 Å². The van der Waals surface area contributed by atoms with E-state index in [1.807, 2.05) is 0 Å². The number of para-hydroxylation sites is 2. The van der Waals surface area contributed by atoms with Gasteiger partial charge in [0.15, 0.2) is 5.65 Å². The highest BCUT2D eigenvalue weighted by molar-refractivity contribution is 6.23. The molecule has 0 unspecified atom stereocenters. The zero-order chi connectivity index (χ0) is 39.9. The smallest absolute Gasteiger partial charge is 0.165 e. The number of imidazole rings is 1. The Labute approximate surface area is 347 Å². The monoisotopic (exact) mass is 765 g/mol. The quantitative estimate of drug-likeness (QED) is 0.129. The molecule has 0 fully saturated rings. The number of pyridine rings is 2. The lowest BCUT2D eigenvalue weighted by Gasteiger charge is -2.19. The van der Waals surface area contributed by atoms with Crippen molar-refractivity contribution in [2.24, 2.45) is 0 Å². The van der Waals surface area contributed by atoms with Gasteiger partial charge in [-0.05, 0) is 144 Å². The summed E-state index contributed by atoms with van der Waals surface area (Å²) < 4.78 is 2.30. The fraction of sp³-hybridized carbons (Fsp3) is 0.0526. The molecular formula is C57H39N3. The summed E-state index contributed by atoms with van der Waals surface area (Å²) in [5.41, 5.74) is 14.4. The maximum Gasteiger partial charge on any atom is 0.165 e. The molecule has 12 aromatic rings. The average Bonchev–Trinajstić information content (AvgIpc) is 3.70. The molecule has 0 radical (unpaired) electrons. The third-order valence-corrected chi connectivity index (χ3v) is 12.5. The number of rotatable bonds is 5. The highest BCUT2D eigenvalue weighted by Crippen LogP contribution is 2.46. The molecule has 60 heavy (non-hydrogen) atoms. The molecule has 0 aliphatic heterocycles. The molecule has 3 heterocycles. The van der Waals surface area contributed by atoms with Crippen LogP contribution >= 0.6 is 0 Å². The highest BCUT2D eigenvalue weighted by atomic mass is 15.0. The van der Waals surface area contributed by atoms with E-state index in [0.717, 1.165) is 61.7 Å². The molecule has 0 bridgehead atoms. The summed E-state index contributed by atoms with van der Waals surface area (Å²) in [6, 6.07) is 64.9. The number of fused-ring (bicyclic) bond motifs is 12. The molecule has 9 aromatic carbocycles. The van der Waals surface area contributed by atoms with Gasteiger partial charge in [-0.1, -0.05) is 146 Å². The maximum absolute atomic E-state index is 5.26. The minimum atomic E-state index is 0.888. The van der Waals surface area contributed by atoms with Crippen molar-refractivity contribution < 1.29 is 0 Å². The highest BCUT2D eigenvalue weighted by Gasteiger charge is 2.20. The largest absolute Gasteiger partial charge is 0.290 e. The first-order valence-electron chi connectivity index (χ1n) is 20.9. The van der Waals surface area contributed by atoms with Crippen LogP contribution in [-0.4, -0.2) is 14.4 Å². The van der Waals surface area contributed by atoms with E-state index in [4.69, 9.17) is 9.97 Å². The summed E-state index contributed by atoms with van der Waals surface area (Å²) in [7, 11) is 0. The Hall–Kier alpha value is -7.62. The van der Waals surface area contributed by atoms with E-state index in [1.54, 1.807) is 0 Å². The number of benzene rings is 9. The van der Waals surface area contributed by atoms with Gasteiger partial charge in [-0.25, -0.2) is 9.97 Å². The first-order valence-corrected chi connectivity index (χ1v) is 20.9. The minimum Gasteiger partial charge on any atom is -0.290 e. The summed E-state index contributed by atoms with van der Waals surface area (Å²) in [5.74, 6) is 0. The van der Waals surface area contributed by atoms with E-state index < -0.39 is 0 Å². The lowest BCUT2D eigenvalue weighted by atomic mass is 9.84. The topological polar surface area (TPSA) is 30.2 Å². The first kappa shape index (κ1) is 34.4. The van der Waals surface area contributed by atoms with Gasteiger partial charge in [0.1, 0.15) is 5.52 Å². The summed E-state index contributed by atoms with van der Waals surface area (Å²) in [6.07, 6.45) is 5.39. The predicted molar refractivity (Wildman–Crippen MR) is 256 cm³/mol. The second kappa shape index (κ2) is 13.5. The molecule has 282 valence electrons. The fourth-order valence-corrected chi connectivity index (χ4v) is 9.63. The molecule has 3 aromatic heterocycles. The van der Waals surface area contributed by atoms with E-state index in [1.165, 1.54) is 70.9 Å². The molecule has 12 rings (SSSR count). The van der Waals surface area contributed by atoms with Crippen molar-refractivity contribution >= 4 is 87.7 Å². The molecular weight excluding hydrogens is 727 g/mol. The van der Waals surface area contributed by atoms with Gasteiger partial charge in [0.05, 0.1) is 16.6 Å². The number of aromatic nitrogens is 3. The molecule has 0 amide bonds. The molecule has 0 N–H and O–H groups in total. The van der Waals surface area contributed by atoms with E-state index >= 15 is 0 Å². The van der Waals surface area contributed by atoms with Crippen LogP contribution in [-0.2, 0) is 0 Å². The Morgan fingerprint density at radius 2 is 1.02 bits per heavy atom. The third-order valence-electron chi connectivity index (χ3n) is 12.5. The van der Waals surface area contributed by atoms with Crippen molar-refractivity contribution in [3.63, 3.8) is 0 Å². The Balaban J connectivity index is 1.17. The summed E-state index contributed by atoms with van der Waals surface area (Å²) in [4.78, 5) is 10.4. The Morgan fingerprint density at radius 1 is 0.450 bits per heavy atom. The van der Waals surface area contributed by atoms with Crippen molar-refractivity contribution in [1.29, 1.82) is 0 Å². The number of hydrogen-bond acceptors (Lipinski definition) is 2. The molecule has 0 aliphatic rings. The van der Waals surface area contributed by atoms with Crippen LogP contribution in [0.25, 0.3) is 121 Å². The number of nitrogens with zero attached hydrogens (tertiary/aromatic N) is 3. The predicted octanol–water partition coefficient (Wildman–Crippen LogP) is 15.5. The molecule has 3 nitrogen and oxygen atoms in total. The number of hydrogen-bond donors (Lipinski definition) is 0. The Bertz CT molecular complexity index is 3770. The lowest BCUT2D eigenvalue weighted by Crippen LogP contribution is -1.97. The van der Waals surface area contributed by atoms with Gasteiger partial charge in [0.2, 0.25) is 0 Å². The zero-order valence-electron chi connectivity index (χ0n) is 33.4. The van der Waals surface area contributed by atoms with Crippen LogP contribution in [0.15, 0.2) is 182 Å². The van der Waals surface area contributed by atoms with E-state index in [-0.39, 0.29) is 0 Å². The van der Waals surface area contributed by atoms with Crippen LogP contribution in [0.4, 0.5) is 0 Å². The van der Waals surface area contributed by atoms with Crippen molar-refractivity contribution in [1.82, 2.24) is 14.4 Å². The van der Waals surface area contributed by atoms with Crippen LogP contribution in [0.3, 0.4) is 0 Å². The Morgan fingerprint density at radius 3 is 1.72 bits per heavy atom. The van der Waals surface area contributed by atoms with E-state index in [0.29, 0.717) is 0 Å². The van der Waals surface area contributed by atoms with Crippen LogP contribution in [0.5, 0.6) is 0 Å². The van der Waals surface area contributed by atoms with Gasteiger partial charge in [-0.2, -0.15) is 0 Å². The van der Waals surface area contributed by atoms with E-state index in [9.17, 15) is 0 Å². The van der Waals surface area contributed by atoms with Gasteiger partial charge < -0.3 is 0 Å². The molecule has 0 saturated carbocycles. The standard InChI is InChI=1S/C57H39N3/c1-3-4-13-38-32-50-48-33-42(27-29-52(48)60-53-21-12-11-20-51(53)59-57(60)56(50)58-35(38)2)41-26-28-47-49(34-41)55(44-25-23-37-15-6-8-17-40(37)31-44)46-19-10-9-18-45(46)54(47)43-24-22-36-14-5-7-16-39(36)30-43/h4-34H,3H2,1-2H3/b13-4-. The van der Waals surface area contributed by atoms with Crippen molar-refractivity contribution in [2.75, 3.05) is 0 Å². The Kier molecular flexibility index (Phi) is 7.73. The van der Waals surface area contributed by atoms with Crippen LogP contribution in [0.2, 0.25) is 0 Å². The summed E-state index contributed by atoms with van der Waals surface area (Å²) in [5, 5.41) is 12.2. The van der Waals surface area contributed by atoms with Crippen LogP contribution in [0, 0.1) is 6.92 Å². The minimum absolute atomic E-state index is 0.888. The fourth-order valence-electron chi connectivity index (χ4n) is 9.63. The normalized spacial score (nSPS) is 12.2. The van der Waals surface area contributed by atoms with Gasteiger partial charge in [0, 0.05) is 16.5 Å². The second-order valence-electron chi connectivity index (χ2n) is 16.0. The molecule has 0 aliphatic carbocycles. The summed E-state index contributed by atoms with van der Waals surface area (Å²) in [6.45, 7) is 4.27. The van der Waals surface area contributed by atoms with Gasteiger partial charge in [0.25, 0.3) is 0 Å². The molecule has 0 spiro atoms. The third kappa shape index (κ3) is 5.29. The number of allylic oxidation sites excluding steroid dienone is 1. The van der Waals surface area contributed by atoms with Gasteiger partial charge >= 0.3 is 0 Å². The molecule has 0 atom stereocenters. The SMILES string of the molecule is CC/C=C\c1cc2c3cc(-c4ccc5c(-c6ccc7ccccc7c6)c6ccccc6c(-c6ccc7ccccc7c6)c5c4)ccc3n3c4ccccc4nc3c2nc1C. The molecule has 3 heteroatoms. The lowest BCUT2D eigenvalue weighted by molar-refractivity contribution is 1.21. The average molecular weight is 766 g/mol. The van der Waals surface area contributed by atoms with Gasteiger partial charge in [-0.3, -0.25) is 4.40 Å². The van der Waals surface area contributed by atoms with Crippen molar-refractivity contribution in [3.05, 3.63) is 193 Å². The van der Waals surface area contributed by atoms with Gasteiger partial charge in [-0.15, -0.1) is 0 Å². The second-order valence-corrected chi connectivity index (χ2v) is 16.0. The maximum atomic E-state index is 5.26. The van der Waals surface area contributed by atoms with Crippen molar-refractivity contribution in [2.45, 2.75) is 20.3 Å². The van der Waals surface area contributed by atoms with Crippen LogP contribution < -0.4 is 0 Å². The molecule has 0 saturated heterocycles. The zero-order valence-corrected chi connectivity index (χ0v) is 33.4. The number of aryl methyl sites for hydroxylation is 1.